The molecule has 1 saturated heterocycles. The molecule has 0 radical (unpaired) electrons. The molecule has 15 heteroatoms. The zero-order chi connectivity index (χ0) is 22.5. The van der Waals surface area contributed by atoms with Gasteiger partial charge >= 0.3 is 18.5 Å². The Morgan fingerprint density at radius 3 is 2.10 bits per heavy atom. The van der Waals surface area contributed by atoms with E-state index in [0.29, 0.717) is 9.91 Å². The Kier molecular flexibility index (Phi) is 6.76. The summed E-state index contributed by atoms with van der Waals surface area (Å²) >= 11 is 0. The van der Waals surface area contributed by atoms with E-state index in [0.717, 1.165) is 32.4 Å². The van der Waals surface area contributed by atoms with Crippen molar-refractivity contribution < 1.29 is 51.5 Å². The van der Waals surface area contributed by atoms with E-state index in [1.807, 2.05) is 0 Å². The summed E-state index contributed by atoms with van der Waals surface area (Å²) in [5.41, 5.74) is -0.825. The summed E-state index contributed by atoms with van der Waals surface area (Å²) < 4.78 is 45.8. The van der Waals surface area contributed by atoms with Gasteiger partial charge in [0.25, 0.3) is 11.8 Å². The Balaban J connectivity index is 0.000000232. The third kappa shape index (κ3) is 5.33. The molecule has 0 unspecified atom stereocenters. The van der Waals surface area contributed by atoms with Crippen molar-refractivity contribution in [1.29, 1.82) is 0 Å². The number of hydrogen-bond donors (Lipinski definition) is 0. The SMILES string of the molecule is COC(=O)ON1C(=O)CCC1=O.COC(=O)On1nnc2ccc(C(F)(F)F)cc21. The normalized spacial score (nSPS) is 13.6. The minimum atomic E-state index is -4.51. The van der Waals surface area contributed by atoms with E-state index in [4.69, 9.17) is 0 Å². The molecule has 0 saturated carbocycles. The number of hydroxylamine groups is 2. The first-order chi connectivity index (χ1) is 14.1. The monoisotopic (exact) mass is 434 g/mol. The van der Waals surface area contributed by atoms with E-state index in [-0.39, 0.29) is 23.9 Å². The quantitative estimate of drug-likeness (QED) is 0.388. The topological polar surface area (TPSA) is 139 Å². The second-order valence-electron chi connectivity index (χ2n) is 5.34. The molecular formula is C15H13F3N4O8. The lowest BCUT2D eigenvalue weighted by Gasteiger charge is -2.10. The average molecular weight is 434 g/mol. The standard InChI is InChI=1S/C9H6F3N3O3.C6H7NO5/c1-17-8(16)18-15-7-4-5(9(10,11)12)2-3-6(7)13-14-15;1-11-6(10)12-7-4(8)2-3-5(7)9/h2-4H,1H3;2-3H2,1H3. The van der Waals surface area contributed by atoms with Gasteiger partial charge in [-0.3, -0.25) is 19.3 Å². The number of ether oxygens (including phenoxy) is 2. The fourth-order valence-corrected chi connectivity index (χ4v) is 2.02. The van der Waals surface area contributed by atoms with Crippen molar-refractivity contribution in [3.63, 3.8) is 0 Å². The van der Waals surface area contributed by atoms with Crippen LogP contribution in [0.1, 0.15) is 18.4 Å². The number of imide groups is 1. The first-order valence-corrected chi connectivity index (χ1v) is 7.87. The number of nitrogens with zero attached hydrogens (tertiary/aromatic N) is 4. The van der Waals surface area contributed by atoms with Crippen LogP contribution in [0.5, 0.6) is 0 Å². The first kappa shape index (κ1) is 22.4. The van der Waals surface area contributed by atoms with Crippen molar-refractivity contribution >= 4 is 35.2 Å². The van der Waals surface area contributed by atoms with Crippen molar-refractivity contribution in [1.82, 2.24) is 20.2 Å². The molecule has 12 nitrogen and oxygen atoms in total. The van der Waals surface area contributed by atoms with Gasteiger partial charge in [-0.2, -0.15) is 13.2 Å². The Morgan fingerprint density at radius 1 is 1.00 bits per heavy atom. The van der Waals surface area contributed by atoms with E-state index >= 15 is 0 Å². The van der Waals surface area contributed by atoms with Gasteiger partial charge in [-0.25, -0.2) is 9.59 Å². The van der Waals surface area contributed by atoms with Gasteiger partial charge in [0, 0.05) is 12.8 Å². The summed E-state index contributed by atoms with van der Waals surface area (Å²) in [5, 5.41) is 7.35. The molecule has 1 aliphatic rings. The second kappa shape index (κ2) is 9.06. The van der Waals surface area contributed by atoms with Crippen molar-refractivity contribution in [3.05, 3.63) is 23.8 Å². The molecule has 0 aliphatic carbocycles. The van der Waals surface area contributed by atoms with Gasteiger partial charge in [-0.1, -0.05) is 9.91 Å². The van der Waals surface area contributed by atoms with Crippen LogP contribution in [0.3, 0.4) is 0 Å². The summed E-state index contributed by atoms with van der Waals surface area (Å²) in [6.45, 7) is 0. The van der Waals surface area contributed by atoms with Crippen LogP contribution >= 0.6 is 0 Å². The van der Waals surface area contributed by atoms with Crippen LogP contribution in [0.2, 0.25) is 0 Å². The van der Waals surface area contributed by atoms with E-state index in [1.165, 1.54) is 0 Å². The molecule has 0 N–H and O–H groups in total. The Hall–Kier alpha value is -3.91. The lowest BCUT2D eigenvalue weighted by atomic mass is 10.2. The van der Waals surface area contributed by atoms with Gasteiger partial charge in [-0.05, 0) is 23.4 Å². The van der Waals surface area contributed by atoms with E-state index in [9.17, 15) is 32.3 Å². The summed E-state index contributed by atoms with van der Waals surface area (Å²) in [5.74, 6) is -1.05. The third-order valence-electron chi connectivity index (χ3n) is 3.41. The third-order valence-corrected chi connectivity index (χ3v) is 3.41. The van der Waals surface area contributed by atoms with Gasteiger partial charge in [-0.15, -0.1) is 5.10 Å². The Labute approximate surface area is 164 Å². The van der Waals surface area contributed by atoms with Crippen molar-refractivity contribution in [2.75, 3.05) is 14.2 Å². The molecule has 2 amide bonds. The fraction of sp³-hybridized carbons (Fsp3) is 0.333. The summed E-state index contributed by atoms with van der Waals surface area (Å²) in [7, 11) is 2.15. The van der Waals surface area contributed by atoms with Crippen LogP contribution in [-0.4, -0.2) is 58.6 Å². The van der Waals surface area contributed by atoms with Crippen LogP contribution in [0.15, 0.2) is 18.2 Å². The predicted molar refractivity (Wildman–Crippen MR) is 86.1 cm³/mol. The Bertz CT molecular complexity index is 958. The number of carbonyl (C=O) groups is 4. The number of benzene rings is 1. The second-order valence-corrected chi connectivity index (χ2v) is 5.34. The zero-order valence-electron chi connectivity index (χ0n) is 15.3. The summed E-state index contributed by atoms with van der Waals surface area (Å²) in [6.07, 6.45) is -6.53. The van der Waals surface area contributed by atoms with Gasteiger partial charge < -0.3 is 9.47 Å². The number of fused-ring (bicyclic) bond motifs is 1. The number of aromatic nitrogens is 3. The Morgan fingerprint density at radius 2 is 1.57 bits per heavy atom. The smallest absolute Gasteiger partial charge is 0.436 e. The molecule has 0 atom stereocenters. The maximum atomic E-state index is 12.5. The van der Waals surface area contributed by atoms with Crippen molar-refractivity contribution in [2.45, 2.75) is 19.0 Å². The van der Waals surface area contributed by atoms with E-state index < -0.39 is 35.9 Å². The molecule has 1 fully saturated rings. The van der Waals surface area contributed by atoms with Gasteiger partial charge in [0.1, 0.15) is 11.0 Å². The lowest BCUT2D eigenvalue weighted by molar-refractivity contribution is -0.176. The summed E-state index contributed by atoms with van der Waals surface area (Å²) in [4.78, 5) is 52.3. The maximum Gasteiger partial charge on any atom is 0.534 e. The van der Waals surface area contributed by atoms with Crippen LogP contribution in [0, 0.1) is 0 Å². The first-order valence-electron chi connectivity index (χ1n) is 7.87. The number of amides is 2. The van der Waals surface area contributed by atoms with Gasteiger partial charge in [0.15, 0.2) is 0 Å². The molecule has 1 aliphatic heterocycles. The van der Waals surface area contributed by atoms with E-state index in [1.54, 1.807) is 0 Å². The van der Waals surface area contributed by atoms with Crippen LogP contribution in [-0.2, 0) is 30.1 Å². The predicted octanol–water partition coefficient (Wildman–Crippen LogP) is 1.48. The van der Waals surface area contributed by atoms with Crippen LogP contribution < -0.4 is 4.84 Å². The molecule has 30 heavy (non-hydrogen) atoms. The van der Waals surface area contributed by atoms with Crippen LogP contribution in [0.25, 0.3) is 11.0 Å². The van der Waals surface area contributed by atoms with Crippen molar-refractivity contribution in [2.24, 2.45) is 0 Å². The van der Waals surface area contributed by atoms with Gasteiger partial charge in [0.2, 0.25) is 0 Å². The number of carbonyl (C=O) groups excluding carboxylic acids is 4. The minimum absolute atomic E-state index is 0.0792. The van der Waals surface area contributed by atoms with Crippen LogP contribution in [0.4, 0.5) is 22.8 Å². The molecular weight excluding hydrogens is 421 g/mol. The molecule has 2 aromatic rings. The zero-order valence-corrected chi connectivity index (χ0v) is 15.3. The molecule has 2 heterocycles. The highest BCUT2D eigenvalue weighted by Crippen LogP contribution is 2.30. The van der Waals surface area contributed by atoms with E-state index in [2.05, 4.69) is 29.5 Å². The largest absolute Gasteiger partial charge is 0.534 e. The number of halogens is 3. The molecule has 0 bridgehead atoms. The highest BCUT2D eigenvalue weighted by atomic mass is 19.4. The highest BCUT2D eigenvalue weighted by Gasteiger charge is 2.33. The summed E-state index contributed by atoms with van der Waals surface area (Å²) in [6, 6.07) is 2.76. The highest BCUT2D eigenvalue weighted by molar-refractivity contribution is 6.01. The molecule has 162 valence electrons. The number of methoxy groups -OCH3 is 2. The number of rotatable bonds is 2. The number of hydrogen-bond acceptors (Lipinski definition) is 10. The molecule has 1 aromatic heterocycles. The minimum Gasteiger partial charge on any atom is -0.436 e. The molecule has 3 rings (SSSR count). The molecule has 1 aromatic carbocycles. The molecule has 0 spiro atoms. The number of alkyl halides is 3. The van der Waals surface area contributed by atoms with Crippen molar-refractivity contribution in [3.8, 4) is 0 Å². The van der Waals surface area contributed by atoms with Gasteiger partial charge in [0.05, 0.1) is 19.8 Å². The average Bonchev–Trinajstić information content (AvgIpc) is 3.25. The maximum absolute atomic E-state index is 12.5. The lowest BCUT2D eigenvalue weighted by Crippen LogP contribution is -2.31. The fourth-order valence-electron chi connectivity index (χ4n) is 2.02.